The maximum Gasteiger partial charge on any atom is 0.0458 e. The number of halogens is 1. The first-order valence-corrected chi connectivity index (χ1v) is 3.23. The lowest BCUT2D eigenvalue weighted by atomic mass is 10.1. The molecule has 12 heavy (non-hydrogen) atoms. The molecule has 2 N–H and O–H groups in total. The number of benzene rings is 1. The molecule has 0 radical (unpaired) electrons. The predicted octanol–water partition coefficient (Wildman–Crippen LogP) is -0.0170. The Balaban J connectivity index is 0.00000121. The first-order chi connectivity index (χ1) is 5.18. The largest absolute Gasteiger partial charge is 0.550 e. The molecule has 1 rings (SSSR count). The minimum atomic E-state index is -1.07. The Bertz CT molecular complexity index is 258. The van der Waals surface area contributed by atoms with Crippen LogP contribution in [0.2, 0.25) is 0 Å². The van der Waals surface area contributed by atoms with E-state index in [1.807, 2.05) is 0 Å². The van der Waals surface area contributed by atoms with E-state index in [0.717, 1.165) is 0 Å². The van der Waals surface area contributed by atoms with Crippen LogP contribution < -0.4 is 10.8 Å². The Labute approximate surface area is 76.6 Å². The van der Waals surface area contributed by atoms with Crippen LogP contribution in [0, 0.1) is 0 Å². The molecule has 0 spiro atoms. The molecule has 0 saturated carbocycles. The number of nitrogens with two attached hydrogens (primary N) is 1. The van der Waals surface area contributed by atoms with Crippen molar-refractivity contribution in [1.29, 1.82) is 0 Å². The van der Waals surface area contributed by atoms with Crippen LogP contribution in [0.5, 0.6) is 0 Å². The number of carbonyl (C=O) groups is 1. The fourth-order valence-corrected chi connectivity index (χ4v) is 0.802. The summed E-state index contributed by atoms with van der Waals surface area (Å²) in [6, 6.07) is 6.67. The van der Waals surface area contributed by atoms with Gasteiger partial charge >= 0.3 is 0 Å². The Morgan fingerprint density at radius 1 is 1.33 bits per heavy atom. The van der Waals surface area contributed by atoms with Crippen LogP contribution >= 0.6 is 12.4 Å². The van der Waals surface area contributed by atoms with Crippen molar-refractivity contribution in [3.63, 3.8) is 0 Å². The maximum atomic E-state index is 10.1. The fourth-order valence-electron chi connectivity index (χ4n) is 0.802. The van der Waals surface area contributed by atoms with Crippen LogP contribution in [0.25, 0.3) is 0 Å². The van der Waals surface area contributed by atoms with Crippen LogP contribution in [-0.4, -0.2) is 5.97 Å². The molecule has 4 heteroatoms. The molecule has 0 aliphatic heterocycles. The van der Waals surface area contributed by atoms with Crippen molar-refractivity contribution in [2.24, 2.45) is 0 Å². The second-order valence-corrected chi connectivity index (χ2v) is 2.29. The summed E-state index contributed by atoms with van der Waals surface area (Å²) < 4.78 is 0. The number of carboxylic acid groups (broad SMARTS) is 1. The van der Waals surface area contributed by atoms with Crippen LogP contribution in [0.4, 0.5) is 5.69 Å². The lowest BCUT2D eigenvalue weighted by Gasteiger charge is -2.01. The van der Waals surface area contributed by atoms with Gasteiger partial charge in [0.05, 0.1) is 0 Å². The lowest BCUT2D eigenvalue weighted by molar-refractivity contribution is -0.304. The van der Waals surface area contributed by atoms with Crippen molar-refractivity contribution in [3.05, 3.63) is 29.8 Å². The third-order valence-corrected chi connectivity index (χ3v) is 1.33. The van der Waals surface area contributed by atoms with Gasteiger partial charge in [-0.1, -0.05) is 12.1 Å². The highest BCUT2D eigenvalue weighted by atomic mass is 35.5. The van der Waals surface area contributed by atoms with E-state index in [4.69, 9.17) is 5.73 Å². The van der Waals surface area contributed by atoms with E-state index < -0.39 is 5.97 Å². The molecule has 0 amide bonds. The van der Waals surface area contributed by atoms with Crippen molar-refractivity contribution in [1.82, 2.24) is 0 Å². The predicted molar refractivity (Wildman–Crippen MR) is 46.8 cm³/mol. The average Bonchev–Trinajstić information content (AvgIpc) is 1.93. The number of hydrogen-bond donors (Lipinski definition) is 1. The minimum absolute atomic E-state index is 0. The Morgan fingerprint density at radius 3 is 2.25 bits per heavy atom. The van der Waals surface area contributed by atoms with E-state index in [2.05, 4.69) is 0 Å². The Kier molecular flexibility index (Phi) is 4.15. The van der Waals surface area contributed by atoms with Crippen molar-refractivity contribution in [2.75, 3.05) is 5.73 Å². The fraction of sp³-hybridized carbons (Fsp3) is 0.125. The molecular weight excluding hydrogens is 178 g/mol. The number of carboxylic acids is 1. The molecule has 0 aliphatic rings. The molecule has 0 aromatic heterocycles. The molecule has 0 saturated heterocycles. The van der Waals surface area contributed by atoms with Crippen LogP contribution in [0.1, 0.15) is 5.56 Å². The van der Waals surface area contributed by atoms with E-state index >= 15 is 0 Å². The summed E-state index contributed by atoms with van der Waals surface area (Å²) in [5.74, 6) is -1.07. The zero-order valence-corrected chi connectivity index (χ0v) is 7.14. The summed E-state index contributed by atoms with van der Waals surface area (Å²) in [6.45, 7) is 0. The van der Waals surface area contributed by atoms with Crippen LogP contribution in [0.3, 0.4) is 0 Å². The van der Waals surface area contributed by atoms with E-state index in [1.165, 1.54) is 0 Å². The molecule has 0 aliphatic carbocycles. The lowest BCUT2D eigenvalue weighted by Crippen LogP contribution is -2.24. The number of hydrogen-bond acceptors (Lipinski definition) is 3. The molecule has 0 bridgehead atoms. The molecule has 0 fully saturated rings. The topological polar surface area (TPSA) is 66.2 Å². The van der Waals surface area contributed by atoms with E-state index in [0.29, 0.717) is 11.3 Å². The molecule has 3 nitrogen and oxygen atoms in total. The quantitative estimate of drug-likeness (QED) is 0.661. The molecule has 1 aromatic carbocycles. The molecule has 66 valence electrons. The van der Waals surface area contributed by atoms with Gasteiger partial charge in [0.2, 0.25) is 0 Å². The third kappa shape index (κ3) is 3.25. The smallest absolute Gasteiger partial charge is 0.0458 e. The van der Waals surface area contributed by atoms with Gasteiger partial charge in [0.1, 0.15) is 0 Å². The number of anilines is 1. The highest BCUT2D eigenvalue weighted by molar-refractivity contribution is 5.85. The van der Waals surface area contributed by atoms with Gasteiger partial charge in [0.25, 0.3) is 0 Å². The van der Waals surface area contributed by atoms with E-state index in [1.54, 1.807) is 24.3 Å². The Morgan fingerprint density at radius 2 is 1.83 bits per heavy atom. The molecule has 0 heterocycles. The molecule has 0 atom stereocenters. The highest BCUT2D eigenvalue weighted by Gasteiger charge is 1.91. The maximum absolute atomic E-state index is 10.1. The summed E-state index contributed by atoms with van der Waals surface area (Å²) in [5, 5.41) is 10.1. The molecular formula is C8H9ClNO2-. The number of nitrogen functional groups attached to an aromatic ring is 1. The van der Waals surface area contributed by atoms with Gasteiger partial charge in [-0.3, -0.25) is 0 Å². The highest BCUT2D eigenvalue weighted by Crippen LogP contribution is 2.05. The van der Waals surface area contributed by atoms with Crippen molar-refractivity contribution < 1.29 is 9.90 Å². The third-order valence-electron chi connectivity index (χ3n) is 1.33. The number of aliphatic carboxylic acids is 1. The van der Waals surface area contributed by atoms with Gasteiger partial charge in [-0.2, -0.15) is 0 Å². The number of carbonyl (C=O) groups excluding carboxylic acids is 1. The van der Waals surface area contributed by atoms with E-state index in [-0.39, 0.29) is 18.8 Å². The summed E-state index contributed by atoms with van der Waals surface area (Å²) >= 11 is 0. The summed E-state index contributed by atoms with van der Waals surface area (Å²) in [6.07, 6.45) is -0.0553. The van der Waals surface area contributed by atoms with Crippen molar-refractivity contribution in [3.8, 4) is 0 Å². The molecule has 1 aromatic rings. The first kappa shape index (κ1) is 10.8. The standard InChI is InChI=1S/C8H9NO2.ClH/c9-7-3-1-6(2-4-7)5-8(10)11;/h1-4H,5,9H2,(H,10,11);1H/p-1. The van der Waals surface area contributed by atoms with Gasteiger partial charge in [-0.15, -0.1) is 12.4 Å². The van der Waals surface area contributed by atoms with Crippen LogP contribution in [-0.2, 0) is 11.2 Å². The minimum Gasteiger partial charge on any atom is -0.550 e. The molecule has 0 unspecified atom stereocenters. The van der Waals surface area contributed by atoms with Gasteiger partial charge in [-0.25, -0.2) is 0 Å². The zero-order chi connectivity index (χ0) is 8.27. The first-order valence-electron chi connectivity index (χ1n) is 3.23. The summed E-state index contributed by atoms with van der Waals surface area (Å²) in [7, 11) is 0. The zero-order valence-electron chi connectivity index (χ0n) is 6.32. The summed E-state index contributed by atoms with van der Waals surface area (Å²) in [4.78, 5) is 10.1. The van der Waals surface area contributed by atoms with Crippen LogP contribution in [0.15, 0.2) is 24.3 Å². The Hall–Kier alpha value is -1.22. The normalized spacial score (nSPS) is 8.67. The second-order valence-electron chi connectivity index (χ2n) is 2.29. The van der Waals surface area contributed by atoms with Gasteiger partial charge < -0.3 is 15.6 Å². The second kappa shape index (κ2) is 4.62. The monoisotopic (exact) mass is 186 g/mol. The van der Waals surface area contributed by atoms with Crippen molar-refractivity contribution in [2.45, 2.75) is 6.42 Å². The van der Waals surface area contributed by atoms with Crippen molar-refractivity contribution >= 4 is 24.1 Å². The SMILES string of the molecule is Cl.Nc1ccc(CC(=O)[O-])cc1. The van der Waals surface area contributed by atoms with Gasteiger partial charge in [0, 0.05) is 18.1 Å². The van der Waals surface area contributed by atoms with E-state index in [9.17, 15) is 9.90 Å². The number of rotatable bonds is 2. The summed E-state index contributed by atoms with van der Waals surface area (Å²) in [5.41, 5.74) is 6.73. The average molecular weight is 187 g/mol. The van der Waals surface area contributed by atoms with Gasteiger partial charge in [0.15, 0.2) is 0 Å². The van der Waals surface area contributed by atoms with Gasteiger partial charge in [-0.05, 0) is 17.7 Å².